The van der Waals surface area contributed by atoms with Crippen molar-refractivity contribution in [1.29, 1.82) is 0 Å². The molecular weight excluding hydrogens is 369 g/mol. The van der Waals surface area contributed by atoms with Gasteiger partial charge in [-0.2, -0.15) is 0 Å². The average molecular weight is 383 g/mol. The first-order chi connectivity index (χ1) is 13.4. The molecule has 0 N–H and O–H groups in total. The van der Waals surface area contributed by atoms with Gasteiger partial charge >= 0.3 is 5.97 Å². The van der Waals surface area contributed by atoms with E-state index in [-0.39, 0.29) is 17.5 Å². The first-order valence-electron chi connectivity index (χ1n) is 8.15. The molecule has 1 aromatic heterocycles. The van der Waals surface area contributed by atoms with Crippen LogP contribution in [0.4, 0.5) is 10.1 Å². The van der Waals surface area contributed by atoms with Crippen LogP contribution in [0.3, 0.4) is 0 Å². The fourth-order valence-electron chi connectivity index (χ4n) is 2.28. The van der Waals surface area contributed by atoms with Gasteiger partial charge in [-0.05, 0) is 42.8 Å². The second-order valence-electron chi connectivity index (χ2n) is 5.72. The smallest absolute Gasteiger partial charge is 0.331 e. The van der Waals surface area contributed by atoms with Crippen molar-refractivity contribution in [3.05, 3.63) is 82.0 Å². The second kappa shape index (κ2) is 8.21. The number of nitro groups is 1. The van der Waals surface area contributed by atoms with Crippen molar-refractivity contribution in [3.63, 3.8) is 0 Å². The van der Waals surface area contributed by atoms with Crippen molar-refractivity contribution < 1.29 is 23.3 Å². The molecule has 0 saturated heterocycles. The van der Waals surface area contributed by atoms with E-state index in [1.165, 1.54) is 54.6 Å². The summed E-state index contributed by atoms with van der Waals surface area (Å²) in [5.74, 6) is -0.857. The summed E-state index contributed by atoms with van der Waals surface area (Å²) in [6.45, 7) is 1.56. The van der Waals surface area contributed by atoms with Crippen LogP contribution in [0.2, 0.25) is 0 Å². The summed E-state index contributed by atoms with van der Waals surface area (Å²) >= 11 is 0. The summed E-state index contributed by atoms with van der Waals surface area (Å²) in [7, 11) is 0. The highest BCUT2D eigenvalue weighted by atomic mass is 19.1. The Bertz CT molecular complexity index is 1030. The predicted octanol–water partition coefficient (Wildman–Crippen LogP) is 4.10. The molecule has 28 heavy (non-hydrogen) atoms. The minimum absolute atomic E-state index is 0.0594. The number of non-ortho nitro benzene ring substituents is 1. The van der Waals surface area contributed by atoms with Gasteiger partial charge in [0.2, 0.25) is 5.89 Å². The maximum atomic E-state index is 13.1. The number of carbonyl (C=O) groups excluding carboxylic acids is 1. The summed E-state index contributed by atoms with van der Waals surface area (Å²) in [6.07, 6.45) is 1.77. The lowest BCUT2D eigenvalue weighted by Gasteiger charge is -2.06. The van der Waals surface area contributed by atoms with Gasteiger partial charge in [-0.1, -0.05) is 12.1 Å². The van der Waals surface area contributed by atoms with Gasteiger partial charge in [0.1, 0.15) is 5.82 Å². The second-order valence-corrected chi connectivity index (χ2v) is 5.72. The Morgan fingerprint density at radius 2 is 2.00 bits per heavy atom. The van der Waals surface area contributed by atoms with Gasteiger partial charge in [-0.15, -0.1) is 10.2 Å². The molecule has 1 atom stereocenters. The molecule has 8 nitrogen and oxygen atoms in total. The van der Waals surface area contributed by atoms with Crippen LogP contribution < -0.4 is 0 Å². The summed E-state index contributed by atoms with van der Waals surface area (Å²) in [5.41, 5.74) is 0.951. The predicted molar refractivity (Wildman–Crippen MR) is 96.3 cm³/mol. The van der Waals surface area contributed by atoms with E-state index in [4.69, 9.17) is 9.15 Å². The fraction of sp³-hybridized carbons (Fsp3) is 0.105. The van der Waals surface area contributed by atoms with Crippen molar-refractivity contribution in [2.45, 2.75) is 13.0 Å². The van der Waals surface area contributed by atoms with Gasteiger partial charge in [-0.25, -0.2) is 9.18 Å². The van der Waals surface area contributed by atoms with Crippen LogP contribution in [0.15, 0.2) is 59.0 Å². The molecule has 2 aromatic carbocycles. The SMILES string of the molecule is CC(OC(=O)/C=C/c1cccc(F)c1)c1nnc(-c2ccc([N+](=O)[O-])cc2)o1. The Morgan fingerprint density at radius 1 is 1.25 bits per heavy atom. The third-order valence-electron chi connectivity index (χ3n) is 3.67. The zero-order chi connectivity index (χ0) is 20.1. The standard InChI is InChI=1S/C19H14FN3O5/c1-12(27-17(24)10-5-13-3-2-4-15(20)11-13)18-21-22-19(28-18)14-6-8-16(9-7-14)23(25)26/h2-12H,1H3/b10-5+. The van der Waals surface area contributed by atoms with Crippen molar-refractivity contribution in [1.82, 2.24) is 10.2 Å². The molecule has 3 rings (SSSR count). The number of rotatable bonds is 6. The molecule has 0 bridgehead atoms. The zero-order valence-electron chi connectivity index (χ0n) is 14.6. The number of esters is 1. The molecule has 0 fully saturated rings. The topological polar surface area (TPSA) is 108 Å². The molecule has 0 saturated carbocycles. The van der Waals surface area contributed by atoms with Crippen molar-refractivity contribution in [2.24, 2.45) is 0 Å². The highest BCUT2D eigenvalue weighted by Gasteiger charge is 2.18. The molecule has 0 aliphatic heterocycles. The molecular formula is C19H14FN3O5. The third kappa shape index (κ3) is 4.64. The number of hydrogen-bond acceptors (Lipinski definition) is 7. The van der Waals surface area contributed by atoms with E-state index in [9.17, 15) is 19.3 Å². The van der Waals surface area contributed by atoms with E-state index < -0.39 is 22.8 Å². The molecule has 1 heterocycles. The number of carbonyl (C=O) groups is 1. The van der Waals surface area contributed by atoms with E-state index in [1.54, 1.807) is 13.0 Å². The summed E-state index contributed by atoms with van der Waals surface area (Å²) < 4.78 is 23.8. The van der Waals surface area contributed by atoms with E-state index in [2.05, 4.69) is 10.2 Å². The Hall–Kier alpha value is -3.88. The van der Waals surface area contributed by atoms with Gasteiger partial charge in [-0.3, -0.25) is 10.1 Å². The van der Waals surface area contributed by atoms with Crippen molar-refractivity contribution >= 4 is 17.7 Å². The zero-order valence-corrected chi connectivity index (χ0v) is 14.6. The van der Waals surface area contributed by atoms with E-state index >= 15 is 0 Å². The number of nitrogens with zero attached hydrogens (tertiary/aromatic N) is 3. The van der Waals surface area contributed by atoms with Gasteiger partial charge in [0.15, 0.2) is 6.10 Å². The first kappa shape index (κ1) is 18.9. The lowest BCUT2D eigenvalue weighted by Crippen LogP contribution is -2.06. The Balaban J connectivity index is 1.64. The van der Waals surface area contributed by atoms with Gasteiger partial charge in [0.25, 0.3) is 11.6 Å². The van der Waals surface area contributed by atoms with Crippen LogP contribution in [0, 0.1) is 15.9 Å². The third-order valence-corrected chi connectivity index (χ3v) is 3.67. The largest absolute Gasteiger partial charge is 0.449 e. The summed E-state index contributed by atoms with van der Waals surface area (Å²) in [5, 5.41) is 18.4. The number of nitro benzene ring substituents is 1. The van der Waals surface area contributed by atoms with Gasteiger partial charge in [0, 0.05) is 23.8 Å². The molecule has 0 aliphatic carbocycles. The van der Waals surface area contributed by atoms with E-state index in [0.717, 1.165) is 0 Å². The average Bonchev–Trinajstić information content (AvgIpc) is 3.17. The van der Waals surface area contributed by atoms with Crippen LogP contribution in [0.25, 0.3) is 17.5 Å². The lowest BCUT2D eigenvalue weighted by atomic mass is 10.2. The molecule has 142 valence electrons. The number of benzene rings is 2. The number of ether oxygens (including phenoxy) is 1. The molecule has 3 aromatic rings. The highest BCUT2D eigenvalue weighted by molar-refractivity contribution is 5.87. The molecule has 0 amide bonds. The van der Waals surface area contributed by atoms with E-state index in [1.807, 2.05) is 0 Å². The lowest BCUT2D eigenvalue weighted by molar-refractivity contribution is -0.384. The molecule has 0 radical (unpaired) electrons. The maximum absolute atomic E-state index is 13.1. The van der Waals surface area contributed by atoms with E-state index in [0.29, 0.717) is 11.1 Å². The normalized spacial score (nSPS) is 12.1. The molecule has 0 aliphatic rings. The molecule has 9 heteroatoms. The fourth-order valence-corrected chi connectivity index (χ4v) is 2.28. The number of aromatic nitrogens is 2. The van der Waals surface area contributed by atoms with Crippen LogP contribution in [0.5, 0.6) is 0 Å². The number of hydrogen-bond donors (Lipinski definition) is 0. The maximum Gasteiger partial charge on any atom is 0.331 e. The van der Waals surface area contributed by atoms with Crippen LogP contribution in [0.1, 0.15) is 24.5 Å². The minimum atomic E-state index is -0.816. The quantitative estimate of drug-likeness (QED) is 0.273. The number of halogens is 1. The first-order valence-corrected chi connectivity index (χ1v) is 8.15. The Kier molecular flexibility index (Phi) is 5.54. The van der Waals surface area contributed by atoms with Gasteiger partial charge < -0.3 is 9.15 Å². The summed E-state index contributed by atoms with van der Waals surface area (Å²) in [4.78, 5) is 22.1. The minimum Gasteiger partial charge on any atom is -0.449 e. The Labute approximate surface area is 158 Å². The van der Waals surface area contributed by atoms with Crippen LogP contribution in [-0.2, 0) is 9.53 Å². The molecule has 1 unspecified atom stereocenters. The van der Waals surface area contributed by atoms with Crippen LogP contribution in [-0.4, -0.2) is 21.1 Å². The highest BCUT2D eigenvalue weighted by Crippen LogP contribution is 2.24. The van der Waals surface area contributed by atoms with Crippen molar-refractivity contribution in [3.8, 4) is 11.5 Å². The molecule has 0 spiro atoms. The van der Waals surface area contributed by atoms with Gasteiger partial charge in [0.05, 0.1) is 4.92 Å². The van der Waals surface area contributed by atoms with Crippen LogP contribution >= 0.6 is 0 Å². The summed E-state index contributed by atoms with van der Waals surface area (Å²) in [6, 6.07) is 11.4. The Morgan fingerprint density at radius 3 is 2.68 bits per heavy atom. The monoisotopic (exact) mass is 383 g/mol. The van der Waals surface area contributed by atoms with Crippen molar-refractivity contribution in [2.75, 3.05) is 0 Å².